The molecule has 1 amide bonds. The SMILES string of the molecule is O=C(Nc1cc(Oc2ccc(Cl)cc2)cc([N+](=O)[O-])c1)c1ccn(COc2ccc(Cl)cc2)n1. The molecule has 3 aromatic carbocycles. The highest BCUT2D eigenvalue weighted by Crippen LogP contribution is 2.30. The summed E-state index contributed by atoms with van der Waals surface area (Å²) in [6, 6.07) is 18.8. The third-order valence-electron chi connectivity index (χ3n) is 4.46. The van der Waals surface area contributed by atoms with Crippen LogP contribution in [0, 0.1) is 10.1 Å². The average Bonchev–Trinajstić information content (AvgIpc) is 3.29. The lowest BCUT2D eigenvalue weighted by molar-refractivity contribution is -0.384. The Balaban J connectivity index is 1.45. The van der Waals surface area contributed by atoms with Crippen molar-refractivity contribution in [2.24, 2.45) is 0 Å². The molecule has 4 aromatic rings. The predicted octanol–water partition coefficient (Wildman–Crippen LogP) is 6.18. The number of nitrogens with zero attached hydrogens (tertiary/aromatic N) is 3. The van der Waals surface area contributed by atoms with Crippen LogP contribution in [-0.4, -0.2) is 20.6 Å². The molecule has 0 unspecified atom stereocenters. The summed E-state index contributed by atoms with van der Waals surface area (Å²) in [6.07, 6.45) is 1.58. The number of nitro benzene ring substituents is 1. The van der Waals surface area contributed by atoms with E-state index in [0.29, 0.717) is 21.5 Å². The molecule has 0 saturated heterocycles. The van der Waals surface area contributed by atoms with Crippen molar-refractivity contribution in [1.82, 2.24) is 9.78 Å². The number of nitrogens with one attached hydrogen (secondary N) is 1. The number of anilines is 1. The first-order valence-corrected chi connectivity index (χ1v) is 10.6. The van der Waals surface area contributed by atoms with E-state index in [0.717, 1.165) is 0 Å². The van der Waals surface area contributed by atoms with Crippen LogP contribution in [0.3, 0.4) is 0 Å². The standard InChI is InChI=1S/C23H16Cl2N4O5/c24-15-1-5-19(6-2-15)33-14-28-10-9-22(27-28)23(30)26-17-11-18(29(31)32)13-21(12-17)34-20-7-3-16(25)4-8-20/h1-13H,14H2,(H,26,30). The van der Waals surface area contributed by atoms with E-state index in [-0.39, 0.29) is 29.5 Å². The predicted molar refractivity (Wildman–Crippen MR) is 127 cm³/mol. The Morgan fingerprint density at radius 1 is 0.941 bits per heavy atom. The molecule has 34 heavy (non-hydrogen) atoms. The zero-order valence-corrected chi connectivity index (χ0v) is 18.9. The molecule has 172 valence electrons. The molecule has 0 spiro atoms. The van der Waals surface area contributed by atoms with Crippen LogP contribution in [0.15, 0.2) is 79.0 Å². The molecule has 4 rings (SSSR count). The van der Waals surface area contributed by atoms with Crippen LogP contribution < -0.4 is 14.8 Å². The van der Waals surface area contributed by atoms with E-state index >= 15 is 0 Å². The van der Waals surface area contributed by atoms with Crippen molar-refractivity contribution >= 4 is 40.5 Å². The summed E-state index contributed by atoms with van der Waals surface area (Å²) in [5, 5.41) is 19.2. The quantitative estimate of drug-likeness (QED) is 0.229. The fraction of sp³-hybridized carbons (Fsp3) is 0.0435. The van der Waals surface area contributed by atoms with Crippen LogP contribution in [0.1, 0.15) is 10.5 Å². The Morgan fingerprint density at radius 2 is 1.59 bits per heavy atom. The van der Waals surface area contributed by atoms with E-state index < -0.39 is 10.8 Å². The summed E-state index contributed by atoms with van der Waals surface area (Å²) >= 11 is 11.7. The summed E-state index contributed by atoms with van der Waals surface area (Å²) < 4.78 is 12.7. The first-order valence-electron chi connectivity index (χ1n) is 9.82. The molecule has 9 nitrogen and oxygen atoms in total. The summed E-state index contributed by atoms with van der Waals surface area (Å²) in [7, 11) is 0. The number of amides is 1. The van der Waals surface area contributed by atoms with Crippen LogP contribution in [0.25, 0.3) is 0 Å². The van der Waals surface area contributed by atoms with Crippen molar-refractivity contribution in [3.63, 3.8) is 0 Å². The minimum absolute atomic E-state index is 0.0742. The van der Waals surface area contributed by atoms with Gasteiger partial charge in [0, 0.05) is 28.4 Å². The Bertz CT molecular complexity index is 1320. The van der Waals surface area contributed by atoms with E-state index in [9.17, 15) is 14.9 Å². The number of rotatable bonds is 8. The molecule has 1 N–H and O–H groups in total. The van der Waals surface area contributed by atoms with Crippen LogP contribution >= 0.6 is 23.2 Å². The van der Waals surface area contributed by atoms with Gasteiger partial charge in [0.25, 0.3) is 11.6 Å². The highest BCUT2D eigenvalue weighted by molar-refractivity contribution is 6.30. The minimum atomic E-state index is -0.576. The number of hydrogen-bond acceptors (Lipinski definition) is 6. The van der Waals surface area contributed by atoms with Gasteiger partial charge in [-0.05, 0) is 54.6 Å². The summed E-state index contributed by atoms with van der Waals surface area (Å²) in [4.78, 5) is 23.4. The zero-order valence-electron chi connectivity index (χ0n) is 17.4. The van der Waals surface area contributed by atoms with Gasteiger partial charge in [-0.25, -0.2) is 4.68 Å². The summed E-state index contributed by atoms with van der Waals surface area (Å²) in [5.41, 5.74) is 0.0326. The monoisotopic (exact) mass is 498 g/mol. The number of halogens is 2. The highest BCUT2D eigenvalue weighted by Gasteiger charge is 2.15. The normalized spacial score (nSPS) is 10.5. The lowest BCUT2D eigenvalue weighted by Crippen LogP contribution is -2.14. The van der Waals surface area contributed by atoms with E-state index in [1.54, 1.807) is 54.7 Å². The number of non-ortho nitro benzene ring substituents is 1. The number of ether oxygens (including phenoxy) is 2. The summed E-state index contributed by atoms with van der Waals surface area (Å²) in [6.45, 7) is 0.0742. The molecule has 1 aromatic heterocycles. The Morgan fingerprint density at radius 3 is 2.24 bits per heavy atom. The molecule has 11 heteroatoms. The third-order valence-corrected chi connectivity index (χ3v) is 4.96. The smallest absolute Gasteiger partial charge is 0.276 e. The van der Waals surface area contributed by atoms with Crippen molar-refractivity contribution in [1.29, 1.82) is 0 Å². The molecular formula is C23H16Cl2N4O5. The van der Waals surface area contributed by atoms with Gasteiger partial charge in [0.05, 0.1) is 16.7 Å². The number of hydrogen-bond donors (Lipinski definition) is 1. The molecule has 0 radical (unpaired) electrons. The van der Waals surface area contributed by atoms with E-state index in [2.05, 4.69) is 10.4 Å². The second-order valence-corrected chi connectivity index (χ2v) is 7.82. The Kier molecular flexibility index (Phi) is 6.95. The number of nitro groups is 1. The van der Waals surface area contributed by atoms with Crippen molar-refractivity contribution in [3.05, 3.63) is 105 Å². The van der Waals surface area contributed by atoms with Crippen LogP contribution in [0.4, 0.5) is 11.4 Å². The maximum absolute atomic E-state index is 12.7. The van der Waals surface area contributed by atoms with Gasteiger partial charge in [-0.3, -0.25) is 14.9 Å². The highest BCUT2D eigenvalue weighted by atomic mass is 35.5. The van der Waals surface area contributed by atoms with Gasteiger partial charge >= 0.3 is 0 Å². The van der Waals surface area contributed by atoms with Crippen molar-refractivity contribution < 1.29 is 19.2 Å². The first kappa shape index (κ1) is 23.1. The molecule has 0 atom stereocenters. The van der Waals surface area contributed by atoms with Gasteiger partial charge in [0.15, 0.2) is 12.4 Å². The van der Waals surface area contributed by atoms with Crippen molar-refractivity contribution in [2.75, 3.05) is 5.32 Å². The second kappa shape index (κ2) is 10.2. The number of aromatic nitrogens is 2. The third kappa shape index (κ3) is 6.03. The van der Waals surface area contributed by atoms with E-state index in [1.807, 2.05) is 0 Å². The fourth-order valence-corrected chi connectivity index (χ4v) is 3.13. The Labute approximate surface area is 203 Å². The van der Waals surface area contributed by atoms with E-state index in [1.165, 1.54) is 28.9 Å². The summed E-state index contributed by atoms with van der Waals surface area (Å²) in [5.74, 6) is 0.647. The maximum atomic E-state index is 12.7. The van der Waals surface area contributed by atoms with Crippen LogP contribution in [-0.2, 0) is 6.73 Å². The van der Waals surface area contributed by atoms with Gasteiger partial charge < -0.3 is 14.8 Å². The fourth-order valence-electron chi connectivity index (χ4n) is 2.88. The minimum Gasteiger partial charge on any atom is -0.471 e. The molecular weight excluding hydrogens is 483 g/mol. The first-order chi connectivity index (χ1) is 16.4. The maximum Gasteiger partial charge on any atom is 0.276 e. The van der Waals surface area contributed by atoms with Gasteiger partial charge in [0.2, 0.25) is 0 Å². The molecule has 0 aliphatic heterocycles. The number of benzene rings is 3. The molecule has 0 saturated carbocycles. The number of carbonyl (C=O) groups excluding carboxylic acids is 1. The van der Waals surface area contributed by atoms with Gasteiger partial charge in [-0.15, -0.1) is 0 Å². The molecule has 1 heterocycles. The Hall–Kier alpha value is -4.08. The lowest BCUT2D eigenvalue weighted by Gasteiger charge is -2.09. The van der Waals surface area contributed by atoms with Crippen LogP contribution in [0.5, 0.6) is 17.2 Å². The van der Waals surface area contributed by atoms with Gasteiger partial charge in [0.1, 0.15) is 17.2 Å². The molecule has 0 aliphatic rings. The average molecular weight is 499 g/mol. The second-order valence-electron chi connectivity index (χ2n) is 6.95. The zero-order chi connectivity index (χ0) is 24.1. The van der Waals surface area contributed by atoms with Crippen molar-refractivity contribution in [3.8, 4) is 17.2 Å². The molecule has 0 bridgehead atoms. The lowest BCUT2D eigenvalue weighted by atomic mass is 10.2. The topological polar surface area (TPSA) is 109 Å². The van der Waals surface area contributed by atoms with Crippen LogP contribution in [0.2, 0.25) is 10.0 Å². The molecule has 0 aliphatic carbocycles. The van der Waals surface area contributed by atoms with Gasteiger partial charge in [-0.1, -0.05) is 23.2 Å². The van der Waals surface area contributed by atoms with Crippen molar-refractivity contribution in [2.45, 2.75) is 6.73 Å². The largest absolute Gasteiger partial charge is 0.471 e. The number of carbonyl (C=O) groups is 1. The van der Waals surface area contributed by atoms with E-state index in [4.69, 9.17) is 32.7 Å². The molecule has 0 fully saturated rings. The van der Waals surface area contributed by atoms with Gasteiger partial charge in [-0.2, -0.15) is 5.10 Å².